The molecule has 0 radical (unpaired) electrons. The molecule has 60 valence electrons. The Bertz CT molecular complexity index is 134. The first-order valence-corrected chi connectivity index (χ1v) is 5.53. The number of hydrogen-bond acceptors (Lipinski definition) is 4. The summed E-state index contributed by atoms with van der Waals surface area (Å²) in [6, 6.07) is 0. The van der Waals surface area contributed by atoms with Crippen LogP contribution in [0.2, 0.25) is 0 Å². The predicted octanol–water partition coefficient (Wildman–Crippen LogP) is -1.15. The highest BCUT2D eigenvalue weighted by Gasteiger charge is 2.06. The Balaban J connectivity index is 0. The van der Waals surface area contributed by atoms with Crippen molar-refractivity contribution < 1.29 is 32.6 Å². The standard InChI is InChI=1S/HO4PS.HO3P/c1-5(2)6(3)4;1-4(2)3/h(H,3,4);(H-,1,2,3)/p+1. The van der Waals surface area contributed by atoms with Gasteiger partial charge in [-0.25, -0.2) is 0 Å². The maximum atomic E-state index is 9.21. The molecule has 0 aliphatic carbocycles. The first-order valence-electron chi connectivity index (χ1n) is 1.48. The third kappa shape index (κ3) is 24.1. The molecule has 0 aromatic carbocycles. The molecule has 7 nitrogen and oxygen atoms in total. The molecule has 10 heteroatoms. The van der Waals surface area contributed by atoms with Crippen molar-refractivity contribution in [2.24, 2.45) is 0 Å². The first kappa shape index (κ1) is 12.8. The van der Waals surface area contributed by atoms with Gasteiger partial charge in [0.2, 0.25) is 0 Å². The molecule has 0 rings (SSSR count). The lowest BCUT2D eigenvalue weighted by atomic mass is 15.8. The minimum Gasteiger partial charge on any atom is -0.581 e. The highest BCUT2D eigenvalue weighted by molar-refractivity contribution is 8.36. The van der Waals surface area contributed by atoms with Crippen molar-refractivity contribution in [2.45, 2.75) is 0 Å². The third-order valence-corrected chi connectivity index (χ3v) is 1.15. The van der Waals surface area contributed by atoms with E-state index in [1.54, 1.807) is 0 Å². The van der Waals surface area contributed by atoms with E-state index < -0.39 is 26.2 Å². The lowest BCUT2D eigenvalue weighted by molar-refractivity contribution is -0.158. The molecule has 0 fully saturated rings. The molecule has 0 heterocycles. The Morgan fingerprint density at radius 1 is 1.30 bits per heavy atom. The summed E-state index contributed by atoms with van der Waals surface area (Å²) in [5.74, 6) is 0. The van der Waals surface area contributed by atoms with Gasteiger partial charge in [0.05, 0.1) is 0 Å². The Labute approximate surface area is 59.6 Å². The molecular weight excluding hydrogens is 206 g/mol. The average Bonchev–Trinajstić information content (AvgIpc) is 1.63. The molecule has 0 bridgehead atoms. The fraction of sp³-hybridized carbons (Fsp3) is 0. The summed E-state index contributed by atoms with van der Waals surface area (Å²) in [4.78, 5) is 23.4. The minimum atomic E-state index is -3.13. The van der Waals surface area contributed by atoms with Gasteiger partial charge in [-0.05, 0) is 0 Å². The van der Waals surface area contributed by atoms with Crippen molar-refractivity contribution in [2.75, 3.05) is 0 Å². The second-order valence-electron chi connectivity index (χ2n) is 0.707. The molecule has 0 spiro atoms. The van der Waals surface area contributed by atoms with E-state index >= 15 is 0 Å². The highest BCUT2D eigenvalue weighted by Crippen LogP contribution is 2.08. The van der Waals surface area contributed by atoms with E-state index in [4.69, 9.17) is 18.9 Å². The average molecular weight is 209 g/mol. The van der Waals surface area contributed by atoms with E-state index in [0.717, 1.165) is 0 Å². The lowest BCUT2D eigenvalue weighted by Gasteiger charge is -1.69. The quantitative estimate of drug-likeness (QED) is 0.366. The second-order valence-corrected chi connectivity index (χ2v) is 3.95. The van der Waals surface area contributed by atoms with Gasteiger partial charge in [0, 0.05) is 4.57 Å². The molecule has 0 amide bonds. The maximum Gasteiger partial charge on any atom is 0.692 e. The van der Waals surface area contributed by atoms with Gasteiger partial charge in [-0.1, -0.05) is 4.57 Å². The predicted molar refractivity (Wildman–Crippen MR) is 30.4 cm³/mol. The van der Waals surface area contributed by atoms with Gasteiger partial charge in [0.15, 0.2) is 0 Å². The molecule has 0 aromatic heterocycles. The fourth-order valence-electron chi connectivity index (χ4n) is 0. The summed E-state index contributed by atoms with van der Waals surface area (Å²) >= 11 is 0. The monoisotopic (exact) mass is 209 g/mol. The van der Waals surface area contributed by atoms with Crippen LogP contribution < -0.4 is 4.89 Å². The van der Waals surface area contributed by atoms with Crippen LogP contribution in [0, 0.1) is 0 Å². The molecular formula is H3O7P2S+. The molecule has 0 aliphatic rings. The largest absolute Gasteiger partial charge is 0.692 e. The van der Waals surface area contributed by atoms with E-state index in [1.165, 1.54) is 0 Å². The smallest absolute Gasteiger partial charge is 0.581 e. The van der Waals surface area contributed by atoms with Gasteiger partial charge < -0.3 is 4.89 Å². The molecule has 0 saturated carbocycles. The van der Waals surface area contributed by atoms with Crippen molar-refractivity contribution >= 4 is 26.2 Å². The van der Waals surface area contributed by atoms with Gasteiger partial charge >= 0.3 is 26.2 Å². The van der Waals surface area contributed by atoms with Crippen molar-refractivity contribution in [1.29, 1.82) is 0 Å². The molecule has 2 unspecified atom stereocenters. The summed E-state index contributed by atoms with van der Waals surface area (Å²) < 4.78 is 34.6. The normalized spacial score (nSPS) is 12.6. The highest BCUT2D eigenvalue weighted by atomic mass is 32.7. The lowest BCUT2D eigenvalue weighted by Crippen LogP contribution is -1.89. The Morgan fingerprint density at radius 3 is 1.40 bits per heavy atom. The summed E-state index contributed by atoms with van der Waals surface area (Å²) in [6.45, 7) is 0. The summed E-state index contributed by atoms with van der Waals surface area (Å²) in [5.41, 5.74) is 0. The van der Waals surface area contributed by atoms with Crippen LogP contribution in [0.4, 0.5) is 0 Å². The number of rotatable bonds is 1. The zero-order valence-electron chi connectivity index (χ0n) is 4.28. The fourth-order valence-corrected chi connectivity index (χ4v) is 0. The molecule has 2 atom stereocenters. The van der Waals surface area contributed by atoms with Gasteiger partial charge in [-0.15, -0.1) is 9.79 Å². The van der Waals surface area contributed by atoms with Gasteiger partial charge in [0.25, 0.3) is 0 Å². The topological polar surface area (TPSA) is 135 Å². The van der Waals surface area contributed by atoms with Crippen LogP contribution in [0.3, 0.4) is 0 Å². The van der Waals surface area contributed by atoms with Crippen LogP contribution in [0.25, 0.3) is 0 Å². The second kappa shape index (κ2) is 7.30. The van der Waals surface area contributed by atoms with Crippen molar-refractivity contribution in [3.05, 3.63) is 0 Å². The maximum absolute atomic E-state index is 9.21. The van der Waals surface area contributed by atoms with E-state index in [1.807, 2.05) is 0 Å². The minimum absolute atomic E-state index is 2.66. The van der Waals surface area contributed by atoms with E-state index in [0.29, 0.717) is 0 Å². The van der Waals surface area contributed by atoms with Crippen LogP contribution >= 0.6 is 15.5 Å². The Morgan fingerprint density at radius 2 is 1.40 bits per heavy atom. The van der Waals surface area contributed by atoms with Crippen LogP contribution in [0.15, 0.2) is 0 Å². The molecule has 0 saturated heterocycles. The zero-order valence-corrected chi connectivity index (χ0v) is 6.88. The van der Waals surface area contributed by atoms with Gasteiger partial charge in [-0.2, -0.15) is 4.21 Å². The van der Waals surface area contributed by atoms with Crippen LogP contribution in [0.5, 0.6) is 0 Å². The number of hydrogen-bond donors (Lipinski definition) is 3. The molecule has 3 N–H and O–H groups in total. The SMILES string of the molecule is O=[P+](O)O.O=[P+]([O-])S(=O)O. The van der Waals surface area contributed by atoms with Gasteiger partial charge in [-0.3, -0.25) is 4.55 Å². The van der Waals surface area contributed by atoms with Crippen LogP contribution in [-0.4, -0.2) is 18.5 Å². The molecule has 0 aromatic rings. The summed E-state index contributed by atoms with van der Waals surface area (Å²) in [7, 11) is -8.67. The van der Waals surface area contributed by atoms with Crippen LogP contribution in [-0.2, 0) is 19.8 Å². The van der Waals surface area contributed by atoms with Crippen LogP contribution in [0.1, 0.15) is 0 Å². The Kier molecular flexibility index (Phi) is 9.36. The van der Waals surface area contributed by atoms with E-state index in [-0.39, 0.29) is 0 Å². The summed E-state index contributed by atoms with van der Waals surface area (Å²) in [6.07, 6.45) is 0. The third-order valence-electron chi connectivity index (χ3n) is 0.128. The van der Waals surface area contributed by atoms with Crippen molar-refractivity contribution in [3.8, 4) is 0 Å². The molecule has 10 heavy (non-hydrogen) atoms. The van der Waals surface area contributed by atoms with Gasteiger partial charge in [0.1, 0.15) is 0 Å². The van der Waals surface area contributed by atoms with Crippen molar-refractivity contribution in [3.63, 3.8) is 0 Å². The molecule has 0 aliphatic heterocycles. The first-order chi connectivity index (χ1) is 4.37. The Hall–Kier alpha value is 0.190. The van der Waals surface area contributed by atoms with E-state index in [2.05, 4.69) is 0 Å². The van der Waals surface area contributed by atoms with Crippen molar-refractivity contribution in [1.82, 2.24) is 0 Å². The summed E-state index contributed by atoms with van der Waals surface area (Å²) in [5, 5.41) is 0. The zero-order chi connectivity index (χ0) is 8.73. The van der Waals surface area contributed by atoms with E-state index in [9.17, 15) is 13.7 Å².